The van der Waals surface area contributed by atoms with E-state index in [9.17, 15) is 18.7 Å². The van der Waals surface area contributed by atoms with Crippen molar-refractivity contribution in [3.63, 3.8) is 0 Å². The van der Waals surface area contributed by atoms with Crippen LogP contribution in [0.4, 0.5) is 8.78 Å². The SMILES string of the molecule is O=C(NCc1ccc(F)c(O)c1F)c1ccc2ncccc2c1. The van der Waals surface area contributed by atoms with Crippen LogP contribution < -0.4 is 5.32 Å². The van der Waals surface area contributed by atoms with Crippen molar-refractivity contribution in [2.24, 2.45) is 0 Å². The molecule has 0 spiro atoms. The van der Waals surface area contributed by atoms with Gasteiger partial charge in [0.05, 0.1) is 5.52 Å². The molecule has 0 fully saturated rings. The van der Waals surface area contributed by atoms with Gasteiger partial charge in [-0.3, -0.25) is 9.78 Å². The zero-order valence-electron chi connectivity index (χ0n) is 11.9. The van der Waals surface area contributed by atoms with Crippen molar-refractivity contribution >= 4 is 16.8 Å². The van der Waals surface area contributed by atoms with Gasteiger partial charge in [-0.1, -0.05) is 12.1 Å². The van der Waals surface area contributed by atoms with Crippen LogP contribution in [0.5, 0.6) is 5.75 Å². The second-order valence-electron chi connectivity index (χ2n) is 4.96. The molecule has 2 aromatic carbocycles. The summed E-state index contributed by atoms with van der Waals surface area (Å²) in [6, 6.07) is 10.7. The first kappa shape index (κ1) is 14.9. The van der Waals surface area contributed by atoms with E-state index in [2.05, 4.69) is 10.3 Å². The van der Waals surface area contributed by atoms with E-state index in [-0.39, 0.29) is 12.1 Å². The van der Waals surface area contributed by atoms with Gasteiger partial charge in [0.1, 0.15) is 0 Å². The molecule has 0 bridgehead atoms. The van der Waals surface area contributed by atoms with Crippen LogP contribution in [0.3, 0.4) is 0 Å². The van der Waals surface area contributed by atoms with Crippen LogP contribution in [0.15, 0.2) is 48.7 Å². The Labute approximate surface area is 130 Å². The predicted octanol–water partition coefficient (Wildman–Crippen LogP) is 3.15. The molecular formula is C17H12F2N2O2. The van der Waals surface area contributed by atoms with Crippen LogP contribution >= 0.6 is 0 Å². The minimum absolute atomic E-state index is 0.000272. The second kappa shape index (κ2) is 6.00. The van der Waals surface area contributed by atoms with Gasteiger partial charge in [0.25, 0.3) is 5.91 Å². The van der Waals surface area contributed by atoms with Gasteiger partial charge in [-0.25, -0.2) is 8.78 Å². The number of halogens is 2. The van der Waals surface area contributed by atoms with Gasteiger partial charge < -0.3 is 10.4 Å². The van der Waals surface area contributed by atoms with Crippen LogP contribution in [0.25, 0.3) is 10.9 Å². The molecule has 23 heavy (non-hydrogen) atoms. The first-order valence-corrected chi connectivity index (χ1v) is 6.85. The summed E-state index contributed by atoms with van der Waals surface area (Å²) in [4.78, 5) is 16.3. The van der Waals surface area contributed by atoms with Gasteiger partial charge >= 0.3 is 0 Å². The van der Waals surface area contributed by atoms with Crippen molar-refractivity contribution in [3.05, 3.63) is 71.4 Å². The fraction of sp³-hybridized carbons (Fsp3) is 0.0588. The molecule has 3 rings (SSSR count). The van der Waals surface area contributed by atoms with Gasteiger partial charge in [-0.05, 0) is 30.3 Å². The highest BCUT2D eigenvalue weighted by molar-refractivity contribution is 5.97. The van der Waals surface area contributed by atoms with Crippen LogP contribution in [0.2, 0.25) is 0 Å². The third-order valence-corrected chi connectivity index (χ3v) is 3.45. The Balaban J connectivity index is 1.77. The Bertz CT molecular complexity index is 897. The number of hydrogen-bond donors (Lipinski definition) is 2. The molecule has 0 atom stereocenters. The summed E-state index contributed by atoms with van der Waals surface area (Å²) in [5.41, 5.74) is 1.16. The minimum atomic E-state index is -1.08. The first-order chi connectivity index (χ1) is 11.1. The molecule has 0 aliphatic rings. The predicted molar refractivity (Wildman–Crippen MR) is 80.9 cm³/mol. The zero-order valence-corrected chi connectivity index (χ0v) is 11.9. The summed E-state index contributed by atoms with van der Waals surface area (Å²) < 4.78 is 26.7. The molecule has 0 radical (unpaired) electrons. The number of phenolic OH excluding ortho intramolecular Hbond substituents is 1. The van der Waals surface area contributed by atoms with Crippen LogP contribution in [0.1, 0.15) is 15.9 Å². The Morgan fingerprint density at radius 1 is 1.17 bits per heavy atom. The number of hydrogen-bond acceptors (Lipinski definition) is 3. The monoisotopic (exact) mass is 314 g/mol. The molecule has 1 amide bonds. The fourth-order valence-electron chi connectivity index (χ4n) is 2.21. The molecule has 1 heterocycles. The molecule has 0 saturated carbocycles. The molecular weight excluding hydrogens is 302 g/mol. The van der Waals surface area contributed by atoms with Gasteiger partial charge in [-0.15, -0.1) is 0 Å². The molecule has 6 heteroatoms. The maximum absolute atomic E-state index is 13.7. The first-order valence-electron chi connectivity index (χ1n) is 6.85. The number of aromatic hydroxyl groups is 1. The summed E-state index contributed by atoms with van der Waals surface area (Å²) >= 11 is 0. The molecule has 0 saturated heterocycles. The summed E-state index contributed by atoms with van der Waals surface area (Å²) in [5.74, 6) is -3.57. The maximum atomic E-state index is 13.7. The number of phenols is 1. The lowest BCUT2D eigenvalue weighted by Gasteiger charge is -2.08. The Hall–Kier alpha value is -3.02. The number of nitrogens with one attached hydrogen (secondary N) is 1. The average Bonchev–Trinajstić information content (AvgIpc) is 2.58. The second-order valence-corrected chi connectivity index (χ2v) is 4.96. The van der Waals surface area contributed by atoms with Gasteiger partial charge in [0.15, 0.2) is 17.4 Å². The fourth-order valence-corrected chi connectivity index (χ4v) is 2.21. The Morgan fingerprint density at radius 3 is 2.83 bits per heavy atom. The van der Waals surface area contributed by atoms with Crippen LogP contribution in [0, 0.1) is 11.6 Å². The smallest absolute Gasteiger partial charge is 0.251 e. The molecule has 0 aliphatic carbocycles. The maximum Gasteiger partial charge on any atom is 0.251 e. The minimum Gasteiger partial charge on any atom is -0.503 e. The highest BCUT2D eigenvalue weighted by Crippen LogP contribution is 2.23. The molecule has 0 aliphatic heterocycles. The summed E-state index contributed by atoms with van der Waals surface area (Å²) in [6.07, 6.45) is 1.66. The van der Waals surface area contributed by atoms with E-state index < -0.39 is 23.3 Å². The number of amides is 1. The summed E-state index contributed by atoms with van der Waals surface area (Å²) in [6.45, 7) is -0.163. The topological polar surface area (TPSA) is 62.2 Å². The third kappa shape index (κ3) is 2.96. The molecule has 3 aromatic rings. The summed E-state index contributed by atoms with van der Waals surface area (Å²) in [7, 11) is 0. The number of rotatable bonds is 3. The van der Waals surface area contributed by atoms with Crippen LogP contribution in [-0.2, 0) is 6.54 Å². The molecule has 0 unspecified atom stereocenters. The van der Waals surface area contributed by atoms with E-state index in [0.717, 1.165) is 17.0 Å². The van der Waals surface area contributed by atoms with Gasteiger partial charge in [0.2, 0.25) is 0 Å². The van der Waals surface area contributed by atoms with E-state index in [1.54, 1.807) is 30.5 Å². The number of fused-ring (bicyclic) bond motifs is 1. The number of benzene rings is 2. The highest BCUT2D eigenvalue weighted by atomic mass is 19.1. The molecule has 4 nitrogen and oxygen atoms in total. The number of nitrogens with zero attached hydrogens (tertiary/aromatic N) is 1. The molecule has 116 valence electrons. The third-order valence-electron chi connectivity index (χ3n) is 3.45. The van der Waals surface area contributed by atoms with E-state index >= 15 is 0 Å². The normalized spacial score (nSPS) is 10.7. The van der Waals surface area contributed by atoms with Crippen molar-refractivity contribution in [2.75, 3.05) is 0 Å². The van der Waals surface area contributed by atoms with E-state index in [1.165, 1.54) is 6.07 Å². The number of aromatic nitrogens is 1. The summed E-state index contributed by atoms with van der Waals surface area (Å²) in [5, 5.41) is 12.6. The van der Waals surface area contributed by atoms with Crippen molar-refractivity contribution in [2.45, 2.75) is 6.54 Å². The van der Waals surface area contributed by atoms with E-state index in [4.69, 9.17) is 0 Å². The van der Waals surface area contributed by atoms with Crippen molar-refractivity contribution in [3.8, 4) is 5.75 Å². The number of carbonyl (C=O) groups is 1. The molecule has 2 N–H and O–H groups in total. The van der Waals surface area contributed by atoms with Crippen molar-refractivity contribution < 1.29 is 18.7 Å². The van der Waals surface area contributed by atoms with Gasteiger partial charge in [0, 0.05) is 29.3 Å². The number of carbonyl (C=O) groups excluding carboxylic acids is 1. The van der Waals surface area contributed by atoms with Crippen molar-refractivity contribution in [1.82, 2.24) is 10.3 Å². The van der Waals surface area contributed by atoms with E-state index in [1.807, 2.05) is 6.07 Å². The molecule has 1 aromatic heterocycles. The Kier molecular flexibility index (Phi) is 3.89. The largest absolute Gasteiger partial charge is 0.503 e. The van der Waals surface area contributed by atoms with Crippen LogP contribution in [-0.4, -0.2) is 16.0 Å². The van der Waals surface area contributed by atoms with Crippen molar-refractivity contribution in [1.29, 1.82) is 0 Å². The van der Waals surface area contributed by atoms with Gasteiger partial charge in [-0.2, -0.15) is 0 Å². The quantitative estimate of drug-likeness (QED) is 0.780. The Morgan fingerprint density at radius 2 is 2.00 bits per heavy atom. The van der Waals surface area contributed by atoms with E-state index in [0.29, 0.717) is 5.56 Å². The lowest BCUT2D eigenvalue weighted by atomic mass is 10.1. The lowest BCUT2D eigenvalue weighted by molar-refractivity contribution is 0.0950. The lowest BCUT2D eigenvalue weighted by Crippen LogP contribution is -2.23. The zero-order chi connectivity index (χ0) is 16.4. The highest BCUT2D eigenvalue weighted by Gasteiger charge is 2.13. The number of pyridine rings is 1. The average molecular weight is 314 g/mol. The standard InChI is InChI=1S/C17H12F2N2O2/c18-13-5-3-12(15(19)16(13)22)9-21-17(23)11-4-6-14-10(8-11)2-1-7-20-14/h1-8,22H,9H2,(H,21,23).